The number of pyridine rings is 1. The first kappa shape index (κ1) is 22.0. The molecule has 2 atom stereocenters. The number of aromatic hydroxyl groups is 1. The summed E-state index contributed by atoms with van der Waals surface area (Å²) in [6, 6.07) is 23.1. The SMILES string of the molecule is COc1ccc(-n2c(C)cc([C@H]3[C@@H](c4ccccn4)NC(=S)N3c3ccc(O)cc3)c2C)cc1. The Bertz CT molecular complexity index is 1320. The molecule has 6 nitrogen and oxygen atoms in total. The second-order valence-electron chi connectivity index (χ2n) is 8.37. The predicted molar refractivity (Wildman–Crippen MR) is 138 cm³/mol. The van der Waals surface area contributed by atoms with Crippen molar-refractivity contribution in [3.05, 3.63) is 102 Å². The molecule has 172 valence electrons. The summed E-state index contributed by atoms with van der Waals surface area (Å²) in [7, 11) is 1.67. The lowest BCUT2D eigenvalue weighted by Crippen LogP contribution is -2.29. The molecule has 0 saturated carbocycles. The van der Waals surface area contributed by atoms with E-state index < -0.39 is 0 Å². The van der Waals surface area contributed by atoms with Gasteiger partial charge in [-0.05, 0) is 98.4 Å². The zero-order chi connectivity index (χ0) is 23.8. The van der Waals surface area contributed by atoms with Gasteiger partial charge in [0.1, 0.15) is 11.5 Å². The Morgan fingerprint density at radius 1 is 0.971 bits per heavy atom. The first-order chi connectivity index (χ1) is 16.5. The van der Waals surface area contributed by atoms with E-state index in [1.807, 2.05) is 42.5 Å². The zero-order valence-corrected chi connectivity index (χ0v) is 20.1. The Hall–Kier alpha value is -3.84. The molecule has 2 aromatic carbocycles. The van der Waals surface area contributed by atoms with Crippen LogP contribution in [0.5, 0.6) is 11.5 Å². The summed E-state index contributed by atoms with van der Waals surface area (Å²) in [6.07, 6.45) is 1.81. The van der Waals surface area contributed by atoms with Crippen LogP contribution in [0.1, 0.15) is 34.7 Å². The number of ether oxygens (including phenoxy) is 1. The van der Waals surface area contributed by atoms with Gasteiger partial charge in [0.05, 0.1) is 24.9 Å². The number of aryl methyl sites for hydroxylation is 1. The number of nitrogens with zero attached hydrogens (tertiary/aromatic N) is 3. The molecular formula is C27H26N4O2S. The highest BCUT2D eigenvalue weighted by Gasteiger charge is 2.42. The van der Waals surface area contributed by atoms with Crippen LogP contribution >= 0.6 is 12.2 Å². The van der Waals surface area contributed by atoms with E-state index in [4.69, 9.17) is 17.0 Å². The number of methoxy groups -OCH3 is 1. The van der Waals surface area contributed by atoms with E-state index >= 15 is 0 Å². The maximum Gasteiger partial charge on any atom is 0.174 e. The summed E-state index contributed by atoms with van der Waals surface area (Å²) in [5.41, 5.74) is 6.31. The summed E-state index contributed by atoms with van der Waals surface area (Å²) in [4.78, 5) is 6.76. The molecule has 2 aromatic heterocycles. The molecule has 1 aliphatic heterocycles. The topological polar surface area (TPSA) is 62.5 Å². The van der Waals surface area contributed by atoms with Gasteiger partial charge >= 0.3 is 0 Å². The van der Waals surface area contributed by atoms with Crippen molar-refractivity contribution >= 4 is 23.0 Å². The standard InChI is InChI=1S/C27H26N4O2S/c1-17-16-23(18(2)30(17)19-9-13-22(33-3)14-10-19)26-25(24-6-4-5-15-28-24)29-27(34)31(26)20-7-11-21(32)12-8-20/h4-16,25-26,32H,1-3H3,(H,29,34)/t25-,26+/m1/s1. The van der Waals surface area contributed by atoms with Gasteiger partial charge < -0.3 is 24.6 Å². The molecule has 1 saturated heterocycles. The summed E-state index contributed by atoms with van der Waals surface area (Å²) < 4.78 is 7.59. The highest BCUT2D eigenvalue weighted by molar-refractivity contribution is 7.80. The molecule has 0 spiro atoms. The summed E-state index contributed by atoms with van der Waals surface area (Å²) in [6.45, 7) is 4.25. The number of benzene rings is 2. The number of phenols is 1. The molecule has 0 bridgehead atoms. The third-order valence-electron chi connectivity index (χ3n) is 6.35. The van der Waals surface area contributed by atoms with Gasteiger partial charge in [0.25, 0.3) is 0 Å². The average molecular weight is 471 g/mol. The van der Waals surface area contributed by atoms with E-state index in [1.54, 1.807) is 25.4 Å². The van der Waals surface area contributed by atoms with E-state index in [0.717, 1.165) is 39.8 Å². The number of anilines is 1. The van der Waals surface area contributed by atoms with Crippen LogP contribution in [0.15, 0.2) is 79.0 Å². The predicted octanol–water partition coefficient (Wildman–Crippen LogP) is 5.38. The Morgan fingerprint density at radius 2 is 1.68 bits per heavy atom. The summed E-state index contributed by atoms with van der Waals surface area (Å²) in [5, 5.41) is 14.0. The molecule has 2 N–H and O–H groups in total. The van der Waals surface area contributed by atoms with Gasteiger partial charge in [-0.15, -0.1) is 0 Å². The van der Waals surface area contributed by atoms with E-state index in [2.05, 4.69) is 51.8 Å². The van der Waals surface area contributed by atoms with Crippen molar-refractivity contribution in [3.63, 3.8) is 0 Å². The molecule has 1 fully saturated rings. The number of nitrogens with one attached hydrogen (secondary N) is 1. The minimum absolute atomic E-state index is 0.120. The largest absolute Gasteiger partial charge is 0.508 e. The number of hydrogen-bond acceptors (Lipinski definition) is 4. The minimum atomic E-state index is -0.132. The van der Waals surface area contributed by atoms with Crippen molar-refractivity contribution in [2.45, 2.75) is 25.9 Å². The van der Waals surface area contributed by atoms with Crippen LogP contribution in [-0.4, -0.2) is 26.9 Å². The fourth-order valence-electron chi connectivity index (χ4n) is 4.78. The summed E-state index contributed by atoms with van der Waals surface area (Å²) >= 11 is 5.82. The third-order valence-corrected chi connectivity index (χ3v) is 6.66. The molecule has 0 unspecified atom stereocenters. The maximum atomic E-state index is 9.84. The minimum Gasteiger partial charge on any atom is -0.508 e. The number of hydrogen-bond donors (Lipinski definition) is 2. The van der Waals surface area contributed by atoms with Crippen molar-refractivity contribution in [1.29, 1.82) is 0 Å². The van der Waals surface area contributed by atoms with Crippen molar-refractivity contribution in [1.82, 2.24) is 14.9 Å². The van der Waals surface area contributed by atoms with Crippen LogP contribution in [0.4, 0.5) is 5.69 Å². The molecule has 34 heavy (non-hydrogen) atoms. The van der Waals surface area contributed by atoms with Gasteiger partial charge in [0.2, 0.25) is 0 Å². The highest BCUT2D eigenvalue weighted by Crippen LogP contribution is 2.44. The Kier molecular flexibility index (Phi) is 5.71. The molecule has 0 aliphatic carbocycles. The second-order valence-corrected chi connectivity index (χ2v) is 8.76. The first-order valence-electron chi connectivity index (χ1n) is 11.1. The molecule has 7 heteroatoms. The Morgan fingerprint density at radius 3 is 2.32 bits per heavy atom. The molecule has 1 aliphatic rings. The molecule has 0 radical (unpaired) electrons. The normalized spacial score (nSPS) is 17.6. The smallest absolute Gasteiger partial charge is 0.174 e. The van der Waals surface area contributed by atoms with Gasteiger partial charge in [0.15, 0.2) is 5.11 Å². The van der Waals surface area contributed by atoms with Crippen LogP contribution in [0, 0.1) is 13.8 Å². The van der Waals surface area contributed by atoms with E-state index in [-0.39, 0.29) is 17.8 Å². The Balaban J connectivity index is 1.65. The monoisotopic (exact) mass is 470 g/mol. The lowest BCUT2D eigenvalue weighted by Gasteiger charge is -2.28. The second kappa shape index (κ2) is 8.83. The lowest BCUT2D eigenvalue weighted by molar-refractivity contribution is 0.414. The van der Waals surface area contributed by atoms with E-state index in [0.29, 0.717) is 5.11 Å². The molecule has 3 heterocycles. The molecule has 4 aromatic rings. The van der Waals surface area contributed by atoms with Crippen LogP contribution < -0.4 is 15.0 Å². The number of thiocarbonyl (C=S) groups is 1. The fraction of sp³-hybridized carbons (Fsp3) is 0.185. The quantitative estimate of drug-likeness (QED) is 0.382. The molecular weight excluding hydrogens is 444 g/mol. The maximum absolute atomic E-state index is 9.84. The fourth-order valence-corrected chi connectivity index (χ4v) is 5.12. The third kappa shape index (κ3) is 3.78. The van der Waals surface area contributed by atoms with Crippen LogP contribution in [0.3, 0.4) is 0 Å². The van der Waals surface area contributed by atoms with Gasteiger partial charge in [-0.2, -0.15) is 0 Å². The van der Waals surface area contributed by atoms with Crippen molar-refractivity contribution in [2.24, 2.45) is 0 Å². The molecule has 0 amide bonds. The first-order valence-corrected chi connectivity index (χ1v) is 11.5. The average Bonchev–Trinajstić information content (AvgIpc) is 3.35. The number of rotatable bonds is 5. The van der Waals surface area contributed by atoms with Gasteiger partial charge in [-0.3, -0.25) is 4.98 Å². The Labute approximate surface area is 204 Å². The lowest BCUT2D eigenvalue weighted by atomic mass is 9.96. The van der Waals surface area contributed by atoms with Crippen molar-refractivity contribution < 1.29 is 9.84 Å². The van der Waals surface area contributed by atoms with Gasteiger partial charge in [0, 0.05) is 29.0 Å². The molecule has 5 rings (SSSR count). The van der Waals surface area contributed by atoms with E-state index in [9.17, 15) is 5.11 Å². The zero-order valence-electron chi connectivity index (χ0n) is 19.3. The van der Waals surface area contributed by atoms with Crippen LogP contribution in [0.25, 0.3) is 5.69 Å². The van der Waals surface area contributed by atoms with Crippen LogP contribution in [0.2, 0.25) is 0 Å². The number of phenolic OH excluding ortho intramolecular Hbond substituents is 1. The highest BCUT2D eigenvalue weighted by atomic mass is 32.1. The van der Waals surface area contributed by atoms with Gasteiger partial charge in [-0.25, -0.2) is 0 Å². The van der Waals surface area contributed by atoms with E-state index in [1.165, 1.54) is 0 Å². The number of aromatic nitrogens is 2. The van der Waals surface area contributed by atoms with Crippen molar-refractivity contribution in [3.8, 4) is 17.2 Å². The summed E-state index contributed by atoms with van der Waals surface area (Å²) in [5.74, 6) is 1.04. The van der Waals surface area contributed by atoms with Crippen LogP contribution in [-0.2, 0) is 0 Å². The van der Waals surface area contributed by atoms with Crippen molar-refractivity contribution in [2.75, 3.05) is 12.0 Å². The van der Waals surface area contributed by atoms with Gasteiger partial charge in [-0.1, -0.05) is 6.07 Å².